The van der Waals surface area contributed by atoms with Crippen molar-refractivity contribution in [1.29, 1.82) is 0 Å². The first kappa shape index (κ1) is 15.7. The lowest BCUT2D eigenvalue weighted by Gasteiger charge is -2.24. The maximum atomic E-state index is 12.2. The Morgan fingerprint density at radius 1 is 1.53 bits per heavy atom. The van der Waals surface area contributed by atoms with Gasteiger partial charge in [-0.3, -0.25) is 9.48 Å². The van der Waals surface area contributed by atoms with E-state index in [1.54, 1.807) is 10.9 Å². The summed E-state index contributed by atoms with van der Waals surface area (Å²) in [5.74, 6) is -0.0363. The molecule has 0 aliphatic carbocycles. The van der Waals surface area contributed by atoms with Gasteiger partial charge in [0.1, 0.15) is 0 Å². The van der Waals surface area contributed by atoms with E-state index < -0.39 is 0 Å². The van der Waals surface area contributed by atoms with Gasteiger partial charge in [0.05, 0.1) is 11.3 Å². The second-order valence-electron chi connectivity index (χ2n) is 5.76. The number of nitrogens with one attached hydrogen (secondary N) is 1. The van der Waals surface area contributed by atoms with E-state index in [0.717, 1.165) is 25.0 Å². The van der Waals surface area contributed by atoms with E-state index >= 15 is 0 Å². The summed E-state index contributed by atoms with van der Waals surface area (Å²) in [5, 5.41) is 7.29. The van der Waals surface area contributed by atoms with Crippen molar-refractivity contribution in [3.8, 4) is 0 Å². The summed E-state index contributed by atoms with van der Waals surface area (Å²) in [6.07, 6.45) is 4.54. The molecule has 0 aliphatic heterocycles. The number of aromatic nitrogens is 2. The molecule has 1 amide bonds. The molecule has 108 valence electrons. The summed E-state index contributed by atoms with van der Waals surface area (Å²) >= 11 is 0. The van der Waals surface area contributed by atoms with Crippen LogP contribution < -0.4 is 11.1 Å². The van der Waals surface area contributed by atoms with Gasteiger partial charge < -0.3 is 11.1 Å². The normalized spacial score (nSPS) is 11.6. The molecule has 19 heavy (non-hydrogen) atoms. The zero-order valence-corrected chi connectivity index (χ0v) is 12.5. The lowest BCUT2D eigenvalue weighted by Crippen LogP contribution is -2.34. The molecule has 5 nitrogen and oxygen atoms in total. The molecule has 0 bridgehead atoms. The van der Waals surface area contributed by atoms with Crippen molar-refractivity contribution in [3.63, 3.8) is 0 Å². The summed E-state index contributed by atoms with van der Waals surface area (Å²) in [7, 11) is 1.83. The molecule has 0 spiro atoms. The van der Waals surface area contributed by atoms with Crippen molar-refractivity contribution in [1.82, 2.24) is 15.1 Å². The quantitative estimate of drug-likeness (QED) is 0.785. The van der Waals surface area contributed by atoms with Crippen LogP contribution in [0.15, 0.2) is 6.20 Å². The van der Waals surface area contributed by atoms with Crippen LogP contribution in [0, 0.1) is 5.41 Å². The first-order chi connectivity index (χ1) is 8.89. The van der Waals surface area contributed by atoms with E-state index in [1.807, 2.05) is 14.0 Å². The number of hydrogen-bond donors (Lipinski definition) is 2. The zero-order valence-electron chi connectivity index (χ0n) is 12.5. The first-order valence-corrected chi connectivity index (χ1v) is 6.90. The van der Waals surface area contributed by atoms with Gasteiger partial charge in [0.2, 0.25) is 0 Å². The van der Waals surface area contributed by atoms with Gasteiger partial charge in [0.15, 0.2) is 0 Å². The molecule has 0 fully saturated rings. The minimum absolute atomic E-state index is 0.0363. The SMILES string of the molecule is CCc1nn(C)cc1C(=O)NCC(C)(C)CCCN. The smallest absolute Gasteiger partial charge is 0.254 e. The van der Waals surface area contributed by atoms with Crippen LogP contribution in [-0.4, -0.2) is 28.8 Å². The molecule has 1 aromatic heterocycles. The van der Waals surface area contributed by atoms with Crippen LogP contribution >= 0.6 is 0 Å². The number of rotatable bonds is 7. The number of carbonyl (C=O) groups is 1. The number of amides is 1. The van der Waals surface area contributed by atoms with E-state index in [1.165, 1.54) is 0 Å². The van der Waals surface area contributed by atoms with Gasteiger partial charge in [0.25, 0.3) is 5.91 Å². The third kappa shape index (κ3) is 4.67. The van der Waals surface area contributed by atoms with Gasteiger partial charge in [-0.2, -0.15) is 5.10 Å². The summed E-state index contributed by atoms with van der Waals surface area (Å²) in [5.41, 5.74) is 7.13. The van der Waals surface area contributed by atoms with Crippen molar-refractivity contribution in [2.45, 2.75) is 40.0 Å². The molecule has 0 atom stereocenters. The van der Waals surface area contributed by atoms with E-state index in [9.17, 15) is 4.79 Å². The van der Waals surface area contributed by atoms with Crippen LogP contribution in [0.2, 0.25) is 0 Å². The second-order valence-corrected chi connectivity index (χ2v) is 5.76. The van der Waals surface area contributed by atoms with Crippen LogP contribution in [0.5, 0.6) is 0 Å². The predicted octanol–water partition coefficient (Wildman–Crippen LogP) is 1.48. The van der Waals surface area contributed by atoms with E-state index in [0.29, 0.717) is 18.7 Å². The monoisotopic (exact) mass is 266 g/mol. The Labute approximate surface area is 115 Å². The molecule has 1 rings (SSSR count). The topological polar surface area (TPSA) is 72.9 Å². The van der Waals surface area contributed by atoms with Crippen LogP contribution in [0.25, 0.3) is 0 Å². The number of aryl methyl sites for hydroxylation is 2. The van der Waals surface area contributed by atoms with E-state index in [4.69, 9.17) is 5.73 Å². The Kier molecular flexibility index (Phi) is 5.54. The highest BCUT2D eigenvalue weighted by Gasteiger charge is 2.20. The molecule has 5 heteroatoms. The molecular weight excluding hydrogens is 240 g/mol. The highest BCUT2D eigenvalue weighted by atomic mass is 16.1. The highest BCUT2D eigenvalue weighted by molar-refractivity contribution is 5.95. The van der Waals surface area contributed by atoms with Crippen LogP contribution in [0.1, 0.15) is 49.7 Å². The third-order valence-electron chi connectivity index (χ3n) is 3.27. The highest BCUT2D eigenvalue weighted by Crippen LogP contribution is 2.20. The Hall–Kier alpha value is -1.36. The summed E-state index contributed by atoms with van der Waals surface area (Å²) in [6.45, 7) is 7.65. The Morgan fingerprint density at radius 2 is 2.21 bits per heavy atom. The molecule has 1 heterocycles. The molecule has 0 aromatic carbocycles. The summed E-state index contributed by atoms with van der Waals surface area (Å²) in [4.78, 5) is 12.2. The van der Waals surface area contributed by atoms with Crippen molar-refractivity contribution < 1.29 is 4.79 Å². The summed E-state index contributed by atoms with van der Waals surface area (Å²) in [6, 6.07) is 0. The number of hydrogen-bond acceptors (Lipinski definition) is 3. The van der Waals surface area contributed by atoms with Gasteiger partial charge in [0, 0.05) is 19.8 Å². The van der Waals surface area contributed by atoms with Gasteiger partial charge in [-0.25, -0.2) is 0 Å². The van der Waals surface area contributed by atoms with Crippen molar-refractivity contribution in [3.05, 3.63) is 17.5 Å². The molecular formula is C14H26N4O. The largest absolute Gasteiger partial charge is 0.351 e. The molecule has 0 aliphatic rings. The maximum absolute atomic E-state index is 12.2. The van der Waals surface area contributed by atoms with Crippen LogP contribution in [-0.2, 0) is 13.5 Å². The third-order valence-corrected chi connectivity index (χ3v) is 3.27. The molecule has 0 radical (unpaired) electrons. The van der Waals surface area contributed by atoms with Gasteiger partial charge in [-0.15, -0.1) is 0 Å². The average Bonchev–Trinajstić information content (AvgIpc) is 2.75. The van der Waals surface area contributed by atoms with Crippen LogP contribution in [0.4, 0.5) is 0 Å². The lowest BCUT2D eigenvalue weighted by atomic mass is 9.87. The van der Waals surface area contributed by atoms with E-state index in [-0.39, 0.29) is 11.3 Å². The fourth-order valence-corrected chi connectivity index (χ4v) is 2.07. The summed E-state index contributed by atoms with van der Waals surface area (Å²) < 4.78 is 1.69. The van der Waals surface area contributed by atoms with Gasteiger partial charge >= 0.3 is 0 Å². The molecule has 0 saturated carbocycles. The minimum Gasteiger partial charge on any atom is -0.351 e. The number of nitrogens with zero attached hydrogens (tertiary/aromatic N) is 2. The van der Waals surface area contributed by atoms with Crippen molar-refractivity contribution in [2.75, 3.05) is 13.1 Å². The maximum Gasteiger partial charge on any atom is 0.254 e. The fourth-order valence-electron chi connectivity index (χ4n) is 2.07. The van der Waals surface area contributed by atoms with Gasteiger partial charge in [-0.05, 0) is 31.2 Å². The van der Waals surface area contributed by atoms with E-state index in [2.05, 4.69) is 24.3 Å². The zero-order chi connectivity index (χ0) is 14.5. The van der Waals surface area contributed by atoms with Crippen LogP contribution in [0.3, 0.4) is 0 Å². The Balaban J connectivity index is 2.60. The minimum atomic E-state index is -0.0363. The Bertz CT molecular complexity index is 423. The Morgan fingerprint density at radius 3 is 2.79 bits per heavy atom. The predicted molar refractivity (Wildman–Crippen MR) is 77.0 cm³/mol. The fraction of sp³-hybridized carbons (Fsp3) is 0.714. The second kappa shape index (κ2) is 6.70. The molecule has 1 aromatic rings. The lowest BCUT2D eigenvalue weighted by molar-refractivity contribution is 0.0933. The standard InChI is InChI=1S/C14H26N4O/c1-5-12-11(9-18(4)17-12)13(19)16-10-14(2,3)7-6-8-15/h9H,5-8,10,15H2,1-4H3,(H,16,19). The first-order valence-electron chi connectivity index (χ1n) is 6.90. The molecule has 3 N–H and O–H groups in total. The molecule has 0 saturated heterocycles. The number of nitrogens with two attached hydrogens (primary N) is 1. The number of carbonyl (C=O) groups excluding carboxylic acids is 1. The average molecular weight is 266 g/mol. The van der Waals surface area contributed by atoms with Crippen molar-refractivity contribution >= 4 is 5.91 Å². The van der Waals surface area contributed by atoms with Gasteiger partial charge in [-0.1, -0.05) is 20.8 Å². The molecule has 0 unspecified atom stereocenters. The van der Waals surface area contributed by atoms with Crippen molar-refractivity contribution in [2.24, 2.45) is 18.2 Å².